The van der Waals surface area contributed by atoms with Crippen molar-refractivity contribution >= 4 is 17.4 Å². The summed E-state index contributed by atoms with van der Waals surface area (Å²) in [6.07, 6.45) is 3.33. The maximum absolute atomic E-state index is 13.3. The lowest BCUT2D eigenvalue weighted by molar-refractivity contribution is -0.130. The van der Waals surface area contributed by atoms with E-state index >= 15 is 0 Å². The van der Waals surface area contributed by atoms with Crippen molar-refractivity contribution in [3.8, 4) is 0 Å². The minimum atomic E-state index is -0.609. The maximum atomic E-state index is 13.3. The molecule has 1 aliphatic rings. The SMILES string of the molecule is N[C@@H](Cc1ccccc1)C(=O)C1CCCC1C(=O)Nc1ccccc1CC[C@@H](O)c1ccccc1. The number of hydrogen-bond donors (Lipinski definition) is 3. The third kappa shape index (κ3) is 6.44. The Morgan fingerprint density at radius 3 is 2.26 bits per heavy atom. The standard InChI is InChI=1S/C30H34N2O3/c31-26(20-21-10-3-1-4-11-21)29(34)24-15-9-16-25(24)30(35)32-27-17-8-7-12-22(27)18-19-28(33)23-13-5-2-6-14-23/h1-8,10-14,17,24-26,28,33H,9,15-16,18-20,31H2,(H,32,35)/t24?,25?,26-,28+/m0/s1. The molecule has 1 saturated carbocycles. The van der Waals surface area contributed by atoms with Crippen LogP contribution in [-0.2, 0) is 22.4 Å². The van der Waals surface area contributed by atoms with Gasteiger partial charge in [-0.2, -0.15) is 0 Å². The zero-order valence-electron chi connectivity index (χ0n) is 20.0. The van der Waals surface area contributed by atoms with E-state index in [0.717, 1.165) is 28.8 Å². The van der Waals surface area contributed by atoms with E-state index in [2.05, 4.69) is 5.32 Å². The average molecular weight is 471 g/mol. The quantitative estimate of drug-likeness (QED) is 0.395. The van der Waals surface area contributed by atoms with Gasteiger partial charge in [0.1, 0.15) is 0 Å². The van der Waals surface area contributed by atoms with Crippen molar-refractivity contribution in [1.82, 2.24) is 0 Å². The van der Waals surface area contributed by atoms with Gasteiger partial charge in [-0.3, -0.25) is 9.59 Å². The fourth-order valence-electron chi connectivity index (χ4n) is 5.08. The van der Waals surface area contributed by atoms with Crippen LogP contribution in [0.2, 0.25) is 0 Å². The first-order valence-corrected chi connectivity index (χ1v) is 12.5. The number of nitrogens with one attached hydrogen (secondary N) is 1. The van der Waals surface area contributed by atoms with Crippen LogP contribution in [0.4, 0.5) is 5.69 Å². The number of amides is 1. The van der Waals surface area contributed by atoms with Gasteiger partial charge in [0.25, 0.3) is 0 Å². The number of aryl methyl sites for hydroxylation is 1. The van der Waals surface area contributed by atoms with E-state index < -0.39 is 12.1 Å². The lowest BCUT2D eigenvalue weighted by Gasteiger charge is -2.22. The molecule has 2 unspecified atom stereocenters. The molecular weight excluding hydrogens is 436 g/mol. The Balaban J connectivity index is 1.38. The molecule has 4 N–H and O–H groups in total. The number of hydrogen-bond acceptors (Lipinski definition) is 4. The van der Waals surface area contributed by atoms with Crippen LogP contribution >= 0.6 is 0 Å². The molecule has 4 atom stereocenters. The van der Waals surface area contributed by atoms with Crippen molar-refractivity contribution in [2.24, 2.45) is 17.6 Å². The van der Waals surface area contributed by atoms with E-state index in [1.165, 1.54) is 0 Å². The number of Topliss-reactive ketones (excluding diaryl/α,β-unsaturated/α-hetero) is 1. The second-order valence-electron chi connectivity index (χ2n) is 9.45. The largest absolute Gasteiger partial charge is 0.388 e. The van der Waals surface area contributed by atoms with Crippen molar-refractivity contribution in [1.29, 1.82) is 0 Å². The molecule has 182 valence electrons. The second kappa shape index (κ2) is 11.9. The van der Waals surface area contributed by atoms with E-state index in [4.69, 9.17) is 5.73 Å². The number of carbonyl (C=O) groups is 2. The Morgan fingerprint density at radius 2 is 1.51 bits per heavy atom. The maximum Gasteiger partial charge on any atom is 0.228 e. The molecule has 0 heterocycles. The summed E-state index contributed by atoms with van der Waals surface area (Å²) in [7, 11) is 0. The first-order valence-electron chi connectivity index (χ1n) is 12.5. The minimum Gasteiger partial charge on any atom is -0.388 e. The van der Waals surface area contributed by atoms with Gasteiger partial charge in [0, 0.05) is 17.5 Å². The summed E-state index contributed by atoms with van der Waals surface area (Å²) in [5, 5.41) is 13.6. The molecule has 0 aromatic heterocycles. The predicted octanol–water partition coefficient (Wildman–Crippen LogP) is 4.85. The molecule has 35 heavy (non-hydrogen) atoms. The first-order chi connectivity index (χ1) is 17.0. The summed E-state index contributed by atoms with van der Waals surface area (Å²) < 4.78 is 0. The molecule has 0 radical (unpaired) electrons. The molecule has 1 aliphatic carbocycles. The molecule has 5 nitrogen and oxygen atoms in total. The van der Waals surface area contributed by atoms with Gasteiger partial charge in [0.2, 0.25) is 5.91 Å². The lowest BCUT2D eigenvalue weighted by atomic mass is 9.86. The van der Waals surface area contributed by atoms with Crippen LogP contribution in [0.5, 0.6) is 0 Å². The third-order valence-corrected chi connectivity index (χ3v) is 7.03. The molecule has 0 saturated heterocycles. The average Bonchev–Trinajstić information content (AvgIpc) is 3.39. The number of benzene rings is 3. The highest BCUT2D eigenvalue weighted by molar-refractivity contribution is 5.98. The summed E-state index contributed by atoms with van der Waals surface area (Å²) in [5.74, 6) is -0.859. The van der Waals surface area contributed by atoms with Gasteiger partial charge in [0.05, 0.1) is 12.1 Å². The van der Waals surface area contributed by atoms with Crippen molar-refractivity contribution in [3.05, 3.63) is 102 Å². The zero-order valence-corrected chi connectivity index (χ0v) is 20.0. The smallest absolute Gasteiger partial charge is 0.228 e. The monoisotopic (exact) mass is 470 g/mol. The number of aliphatic hydroxyl groups excluding tert-OH is 1. The number of rotatable bonds is 10. The van der Waals surface area contributed by atoms with E-state index in [-0.39, 0.29) is 23.5 Å². The summed E-state index contributed by atoms with van der Waals surface area (Å²) >= 11 is 0. The molecule has 1 fully saturated rings. The number of carbonyl (C=O) groups excluding carboxylic acids is 2. The fourth-order valence-corrected chi connectivity index (χ4v) is 5.08. The van der Waals surface area contributed by atoms with Gasteiger partial charge in [-0.25, -0.2) is 0 Å². The van der Waals surface area contributed by atoms with Crippen molar-refractivity contribution in [2.75, 3.05) is 5.32 Å². The number of aliphatic hydroxyl groups is 1. The number of anilines is 1. The number of nitrogens with two attached hydrogens (primary N) is 1. The van der Waals surface area contributed by atoms with Gasteiger partial charge in [-0.05, 0) is 54.9 Å². The van der Waals surface area contributed by atoms with Crippen LogP contribution in [-0.4, -0.2) is 22.8 Å². The van der Waals surface area contributed by atoms with Gasteiger partial charge >= 0.3 is 0 Å². The first kappa shape index (κ1) is 24.8. The molecule has 4 rings (SSSR count). The molecule has 3 aromatic rings. The van der Waals surface area contributed by atoms with E-state index in [9.17, 15) is 14.7 Å². The molecule has 3 aromatic carbocycles. The fraction of sp³-hybridized carbons (Fsp3) is 0.333. The van der Waals surface area contributed by atoms with Crippen molar-refractivity contribution in [3.63, 3.8) is 0 Å². The van der Waals surface area contributed by atoms with Crippen LogP contribution in [0.1, 0.15) is 48.5 Å². The van der Waals surface area contributed by atoms with Gasteiger partial charge in [0.15, 0.2) is 5.78 Å². The Kier molecular flexibility index (Phi) is 8.45. The van der Waals surface area contributed by atoms with Crippen LogP contribution in [0.25, 0.3) is 0 Å². The van der Waals surface area contributed by atoms with Gasteiger partial charge in [-0.15, -0.1) is 0 Å². The van der Waals surface area contributed by atoms with E-state index in [1.807, 2.05) is 84.9 Å². The predicted molar refractivity (Wildman–Crippen MR) is 139 cm³/mol. The Labute approximate surface area is 207 Å². The zero-order chi connectivity index (χ0) is 24.6. The summed E-state index contributed by atoms with van der Waals surface area (Å²) in [5.41, 5.74) is 9.90. The summed E-state index contributed by atoms with van der Waals surface area (Å²) in [6.45, 7) is 0. The molecule has 0 aliphatic heterocycles. The van der Waals surface area contributed by atoms with E-state index in [0.29, 0.717) is 32.1 Å². The molecule has 0 spiro atoms. The number of ketones is 1. The Hall–Kier alpha value is -3.28. The van der Waals surface area contributed by atoms with Crippen molar-refractivity contribution in [2.45, 2.75) is 50.7 Å². The Morgan fingerprint density at radius 1 is 0.886 bits per heavy atom. The highest BCUT2D eigenvalue weighted by Crippen LogP contribution is 2.35. The van der Waals surface area contributed by atoms with Gasteiger partial charge < -0.3 is 16.2 Å². The topological polar surface area (TPSA) is 92.4 Å². The Bertz CT molecular complexity index is 1120. The molecule has 1 amide bonds. The number of para-hydroxylation sites is 1. The summed E-state index contributed by atoms with van der Waals surface area (Å²) in [6, 6.07) is 26.4. The third-order valence-electron chi connectivity index (χ3n) is 7.03. The molecular formula is C30H34N2O3. The van der Waals surface area contributed by atoms with Gasteiger partial charge in [-0.1, -0.05) is 85.3 Å². The van der Waals surface area contributed by atoms with Crippen LogP contribution in [0.15, 0.2) is 84.9 Å². The highest BCUT2D eigenvalue weighted by Gasteiger charge is 2.39. The van der Waals surface area contributed by atoms with Crippen LogP contribution < -0.4 is 11.1 Å². The minimum absolute atomic E-state index is 0.0224. The van der Waals surface area contributed by atoms with Crippen LogP contribution in [0, 0.1) is 11.8 Å². The second-order valence-corrected chi connectivity index (χ2v) is 9.45. The highest BCUT2D eigenvalue weighted by atomic mass is 16.3. The molecule has 0 bridgehead atoms. The normalized spacial score (nSPS) is 19.1. The molecule has 5 heteroatoms. The van der Waals surface area contributed by atoms with Crippen LogP contribution in [0.3, 0.4) is 0 Å². The van der Waals surface area contributed by atoms with Crippen molar-refractivity contribution < 1.29 is 14.7 Å². The van der Waals surface area contributed by atoms with E-state index in [1.54, 1.807) is 0 Å². The summed E-state index contributed by atoms with van der Waals surface area (Å²) in [4.78, 5) is 26.4. The lowest BCUT2D eigenvalue weighted by Crippen LogP contribution is -2.41.